The molecule has 5 rings (SSSR count). The van der Waals surface area contributed by atoms with Crippen molar-refractivity contribution in [3.63, 3.8) is 0 Å². The largest absolute Gasteiger partial charge is 0.496 e. The van der Waals surface area contributed by atoms with Crippen molar-refractivity contribution >= 4 is 22.4 Å². The van der Waals surface area contributed by atoms with Gasteiger partial charge >= 0.3 is 0 Å². The Hall–Kier alpha value is -4.11. The number of para-hydroxylation sites is 1. The van der Waals surface area contributed by atoms with Gasteiger partial charge in [0, 0.05) is 17.3 Å². The second-order valence-corrected chi connectivity index (χ2v) is 8.52. The fourth-order valence-corrected chi connectivity index (χ4v) is 4.48. The van der Waals surface area contributed by atoms with Crippen molar-refractivity contribution in [1.29, 1.82) is 0 Å². The molecule has 0 radical (unpaired) electrons. The third-order valence-electron chi connectivity index (χ3n) is 5.26. The summed E-state index contributed by atoms with van der Waals surface area (Å²) in [6.07, 6.45) is 3.65. The average molecular weight is 458 g/mol. The van der Waals surface area contributed by atoms with E-state index in [4.69, 9.17) is 9.84 Å². The predicted molar refractivity (Wildman–Crippen MR) is 127 cm³/mol. The van der Waals surface area contributed by atoms with E-state index in [9.17, 15) is 9.59 Å². The Bertz CT molecular complexity index is 1670. The molecule has 0 atom stereocenters. The number of ether oxygens (including phenoxy) is 1. The summed E-state index contributed by atoms with van der Waals surface area (Å²) in [7, 11) is 1.64. The molecule has 2 aromatic carbocycles. The summed E-state index contributed by atoms with van der Waals surface area (Å²) in [5.74, 6) is 0.787. The number of hydrogen-bond donors (Lipinski definition) is 0. The van der Waals surface area contributed by atoms with Crippen LogP contribution in [0.3, 0.4) is 0 Å². The van der Waals surface area contributed by atoms with Crippen LogP contribution in [0.4, 0.5) is 0 Å². The standard InChI is InChI=1S/C24H19N5O3S/c1-14-11-16(9-10-19(14)32-3)21-17(13-28(27-21)18-7-5-4-6-8-18)12-20-23(31)29-24(33-20)25-22(30)15(2)26-29/h4-13H,1-3H3. The zero-order valence-electron chi connectivity index (χ0n) is 18.1. The molecule has 0 N–H and O–H groups in total. The predicted octanol–water partition coefficient (Wildman–Crippen LogP) is 2.54. The van der Waals surface area contributed by atoms with Gasteiger partial charge < -0.3 is 4.74 Å². The van der Waals surface area contributed by atoms with Crippen molar-refractivity contribution < 1.29 is 4.74 Å². The zero-order valence-corrected chi connectivity index (χ0v) is 19.0. The van der Waals surface area contributed by atoms with Crippen molar-refractivity contribution in [1.82, 2.24) is 24.4 Å². The number of aromatic nitrogens is 5. The van der Waals surface area contributed by atoms with E-state index in [1.807, 2.05) is 61.7 Å². The van der Waals surface area contributed by atoms with Crippen molar-refractivity contribution in [2.24, 2.45) is 0 Å². The molecule has 0 aliphatic heterocycles. The van der Waals surface area contributed by atoms with E-state index in [0.29, 0.717) is 10.2 Å². The lowest BCUT2D eigenvalue weighted by Gasteiger charge is -2.06. The van der Waals surface area contributed by atoms with Crippen LogP contribution in [0, 0.1) is 13.8 Å². The summed E-state index contributed by atoms with van der Waals surface area (Å²) in [6.45, 7) is 3.51. The van der Waals surface area contributed by atoms with Crippen LogP contribution in [0.5, 0.6) is 5.75 Å². The number of thiazole rings is 1. The molecule has 0 aliphatic carbocycles. The maximum Gasteiger partial charge on any atom is 0.295 e. The third-order valence-corrected chi connectivity index (χ3v) is 6.22. The Morgan fingerprint density at radius 1 is 1.03 bits per heavy atom. The van der Waals surface area contributed by atoms with Crippen molar-refractivity contribution in [3.05, 3.63) is 96.8 Å². The SMILES string of the molecule is COc1ccc(-c2nn(-c3ccccc3)cc2C=c2sc3nc(=O)c(C)nn3c2=O)cc1C. The van der Waals surface area contributed by atoms with Crippen LogP contribution in [-0.4, -0.2) is 31.5 Å². The monoisotopic (exact) mass is 457 g/mol. The Kier molecular flexibility index (Phi) is 5.10. The summed E-state index contributed by atoms with van der Waals surface area (Å²) in [5, 5.41) is 8.90. The van der Waals surface area contributed by atoms with E-state index in [1.165, 1.54) is 11.4 Å². The van der Waals surface area contributed by atoms with Gasteiger partial charge in [0.1, 0.15) is 17.1 Å². The smallest absolute Gasteiger partial charge is 0.295 e. The lowest BCUT2D eigenvalue weighted by atomic mass is 10.0. The summed E-state index contributed by atoms with van der Waals surface area (Å²) in [5.41, 5.74) is 3.66. The molecule has 0 aliphatic rings. The van der Waals surface area contributed by atoms with Crippen LogP contribution < -0.4 is 20.4 Å². The second-order valence-electron chi connectivity index (χ2n) is 7.51. The average Bonchev–Trinajstić information content (AvgIpc) is 3.36. The zero-order chi connectivity index (χ0) is 23.1. The van der Waals surface area contributed by atoms with Crippen molar-refractivity contribution in [2.75, 3.05) is 7.11 Å². The number of nitrogens with zero attached hydrogens (tertiary/aromatic N) is 5. The normalized spacial score (nSPS) is 11.9. The maximum atomic E-state index is 13.0. The number of methoxy groups -OCH3 is 1. The highest BCUT2D eigenvalue weighted by molar-refractivity contribution is 7.15. The van der Waals surface area contributed by atoms with Gasteiger partial charge in [-0.05, 0) is 55.8 Å². The number of fused-ring (bicyclic) bond motifs is 1. The lowest BCUT2D eigenvalue weighted by Crippen LogP contribution is -2.27. The highest BCUT2D eigenvalue weighted by Gasteiger charge is 2.14. The first-order valence-electron chi connectivity index (χ1n) is 10.2. The molecule has 8 nitrogen and oxygen atoms in total. The van der Waals surface area contributed by atoms with Crippen LogP contribution >= 0.6 is 11.3 Å². The van der Waals surface area contributed by atoms with Crippen molar-refractivity contribution in [3.8, 4) is 22.7 Å². The van der Waals surface area contributed by atoms with Crippen LogP contribution in [0.15, 0.2) is 64.3 Å². The fourth-order valence-electron chi connectivity index (χ4n) is 3.58. The van der Waals surface area contributed by atoms with Gasteiger partial charge in [-0.1, -0.05) is 29.5 Å². The Labute approximate surface area is 192 Å². The van der Waals surface area contributed by atoms with Gasteiger partial charge in [0.05, 0.1) is 17.3 Å². The minimum absolute atomic E-state index is 0.181. The Morgan fingerprint density at radius 3 is 2.55 bits per heavy atom. The van der Waals surface area contributed by atoms with E-state index >= 15 is 0 Å². The molecule has 0 unspecified atom stereocenters. The van der Waals surface area contributed by atoms with E-state index < -0.39 is 5.56 Å². The van der Waals surface area contributed by atoms with Crippen molar-refractivity contribution in [2.45, 2.75) is 13.8 Å². The minimum Gasteiger partial charge on any atom is -0.496 e. The molecule has 0 amide bonds. The van der Waals surface area contributed by atoms with E-state index in [-0.39, 0.29) is 16.2 Å². The number of aryl methyl sites for hydroxylation is 2. The number of rotatable bonds is 4. The molecule has 0 spiro atoms. The molecule has 3 aromatic heterocycles. The fraction of sp³-hybridized carbons (Fsp3) is 0.125. The van der Waals surface area contributed by atoms with Gasteiger partial charge in [0.25, 0.3) is 11.1 Å². The Balaban J connectivity index is 1.75. The maximum absolute atomic E-state index is 13.0. The molecule has 0 saturated heterocycles. The number of hydrogen-bond acceptors (Lipinski definition) is 7. The second kappa shape index (κ2) is 8.10. The molecule has 3 heterocycles. The molecular formula is C24H19N5O3S. The number of benzene rings is 2. The van der Waals surface area contributed by atoms with Gasteiger partial charge in [-0.25, -0.2) is 4.68 Å². The van der Waals surface area contributed by atoms with Gasteiger partial charge in [-0.15, -0.1) is 0 Å². The highest BCUT2D eigenvalue weighted by atomic mass is 32.1. The Morgan fingerprint density at radius 2 is 1.82 bits per heavy atom. The summed E-state index contributed by atoms with van der Waals surface area (Å²) in [4.78, 5) is 29.1. The van der Waals surface area contributed by atoms with E-state index in [0.717, 1.165) is 39.5 Å². The highest BCUT2D eigenvalue weighted by Crippen LogP contribution is 2.28. The first-order valence-corrected chi connectivity index (χ1v) is 11.0. The van der Waals surface area contributed by atoms with Gasteiger partial charge in [0.15, 0.2) is 0 Å². The first kappa shape index (κ1) is 20.8. The van der Waals surface area contributed by atoms with E-state index in [1.54, 1.807) is 17.9 Å². The van der Waals surface area contributed by atoms with Crippen LogP contribution in [0.1, 0.15) is 16.8 Å². The minimum atomic E-state index is -0.436. The van der Waals surface area contributed by atoms with Crippen LogP contribution in [0.25, 0.3) is 28.0 Å². The van der Waals surface area contributed by atoms with Crippen LogP contribution in [0.2, 0.25) is 0 Å². The van der Waals surface area contributed by atoms with Gasteiger partial charge in [-0.3, -0.25) is 9.59 Å². The lowest BCUT2D eigenvalue weighted by molar-refractivity contribution is 0.412. The molecule has 33 heavy (non-hydrogen) atoms. The summed E-state index contributed by atoms with van der Waals surface area (Å²) < 4.78 is 8.76. The molecule has 9 heteroatoms. The topological polar surface area (TPSA) is 91.4 Å². The molecule has 5 aromatic rings. The summed E-state index contributed by atoms with van der Waals surface area (Å²) in [6, 6.07) is 15.6. The van der Waals surface area contributed by atoms with Crippen LogP contribution in [-0.2, 0) is 0 Å². The molecule has 0 fully saturated rings. The molecule has 0 saturated carbocycles. The third kappa shape index (κ3) is 3.72. The van der Waals surface area contributed by atoms with Gasteiger partial charge in [0.2, 0.25) is 4.96 Å². The first-order chi connectivity index (χ1) is 15.9. The van der Waals surface area contributed by atoms with E-state index in [2.05, 4.69) is 10.1 Å². The summed E-state index contributed by atoms with van der Waals surface area (Å²) >= 11 is 1.12. The molecule has 0 bridgehead atoms. The molecule has 164 valence electrons. The molecular weight excluding hydrogens is 438 g/mol. The van der Waals surface area contributed by atoms with Gasteiger partial charge in [-0.2, -0.15) is 19.7 Å². The quantitative estimate of drug-likeness (QED) is 0.412.